The van der Waals surface area contributed by atoms with Crippen LogP contribution < -0.4 is 10.6 Å². The lowest BCUT2D eigenvalue weighted by atomic mass is 9.51. The van der Waals surface area contributed by atoms with Crippen molar-refractivity contribution in [3.8, 4) is 6.07 Å². The van der Waals surface area contributed by atoms with Crippen molar-refractivity contribution < 1.29 is 23.5 Å². The number of hydrogen-bond acceptors (Lipinski definition) is 6. The molecule has 1 saturated heterocycles. The number of amides is 2. The Kier molecular flexibility index (Phi) is 7.41. The lowest BCUT2D eigenvalue weighted by molar-refractivity contribution is -0.171. The molecule has 0 spiro atoms. The summed E-state index contributed by atoms with van der Waals surface area (Å²) in [6.45, 7) is 2.37. The number of fused-ring (bicyclic) bond motifs is 3. The van der Waals surface area contributed by atoms with E-state index in [1.165, 1.54) is 4.90 Å². The van der Waals surface area contributed by atoms with E-state index in [0.717, 1.165) is 5.56 Å². The minimum atomic E-state index is -1.19. The standard InChI is InChI=1S/C26H33FN4O4/c1-2-29-24(34)26-10-8-25(9-11-26,30-15-22(32)31-16-19(27)12-20(31)14-28)13-21(26)23(33)35-17-18-6-4-3-5-7-18/h3-7,19-21,30H,2,8-13,15-17H2,1H3,(H,29,34). The van der Waals surface area contributed by atoms with Gasteiger partial charge >= 0.3 is 5.97 Å². The van der Waals surface area contributed by atoms with Gasteiger partial charge in [-0.05, 0) is 44.6 Å². The van der Waals surface area contributed by atoms with Gasteiger partial charge in [-0.25, -0.2) is 4.39 Å². The van der Waals surface area contributed by atoms with Crippen LogP contribution in [0.1, 0.15) is 51.0 Å². The highest BCUT2D eigenvalue weighted by Gasteiger charge is 2.60. The number of halogens is 1. The van der Waals surface area contributed by atoms with Crippen LogP contribution >= 0.6 is 0 Å². The monoisotopic (exact) mass is 484 g/mol. The molecule has 4 aliphatic rings. The van der Waals surface area contributed by atoms with E-state index in [2.05, 4.69) is 10.6 Å². The summed E-state index contributed by atoms with van der Waals surface area (Å²) in [4.78, 5) is 40.5. The van der Waals surface area contributed by atoms with Gasteiger partial charge in [-0.3, -0.25) is 14.4 Å². The van der Waals surface area contributed by atoms with E-state index in [9.17, 15) is 24.0 Å². The maximum Gasteiger partial charge on any atom is 0.310 e. The quantitative estimate of drug-likeness (QED) is 0.548. The van der Waals surface area contributed by atoms with Crippen LogP contribution in [0.15, 0.2) is 30.3 Å². The Labute approximate surface area is 205 Å². The number of rotatable bonds is 8. The minimum Gasteiger partial charge on any atom is -0.461 e. The van der Waals surface area contributed by atoms with E-state index in [-0.39, 0.29) is 37.9 Å². The maximum atomic E-state index is 13.8. The molecule has 1 aromatic carbocycles. The second-order valence-corrected chi connectivity index (χ2v) is 10.0. The molecule has 3 saturated carbocycles. The van der Waals surface area contributed by atoms with Gasteiger partial charge in [0.1, 0.15) is 18.8 Å². The molecule has 188 valence electrons. The van der Waals surface area contributed by atoms with Gasteiger partial charge in [0.15, 0.2) is 0 Å². The average molecular weight is 485 g/mol. The molecule has 5 rings (SSSR count). The predicted molar refractivity (Wildman–Crippen MR) is 125 cm³/mol. The molecule has 0 radical (unpaired) electrons. The van der Waals surface area contributed by atoms with Crippen LogP contribution in [-0.2, 0) is 25.7 Å². The van der Waals surface area contributed by atoms with Gasteiger partial charge in [-0.15, -0.1) is 0 Å². The van der Waals surface area contributed by atoms with Crippen LogP contribution in [-0.4, -0.2) is 60.1 Å². The Morgan fingerprint density at radius 2 is 1.91 bits per heavy atom. The summed E-state index contributed by atoms with van der Waals surface area (Å²) in [6.07, 6.45) is 1.56. The van der Waals surface area contributed by atoms with E-state index in [4.69, 9.17) is 4.74 Å². The van der Waals surface area contributed by atoms with Crippen molar-refractivity contribution in [1.82, 2.24) is 15.5 Å². The lowest BCUT2D eigenvalue weighted by Crippen LogP contribution is -2.65. The first kappa shape index (κ1) is 25.1. The molecule has 3 aliphatic carbocycles. The van der Waals surface area contributed by atoms with Gasteiger partial charge in [0.05, 0.1) is 30.5 Å². The number of nitrogens with one attached hydrogen (secondary N) is 2. The molecule has 2 N–H and O–H groups in total. The zero-order valence-corrected chi connectivity index (χ0v) is 20.1. The summed E-state index contributed by atoms with van der Waals surface area (Å²) in [6, 6.07) is 10.7. The van der Waals surface area contributed by atoms with Crippen LogP contribution in [0, 0.1) is 22.7 Å². The van der Waals surface area contributed by atoms with Crippen molar-refractivity contribution in [2.45, 2.75) is 69.8 Å². The first-order valence-electron chi connectivity index (χ1n) is 12.4. The van der Waals surface area contributed by atoms with Crippen molar-refractivity contribution in [3.63, 3.8) is 0 Å². The zero-order valence-electron chi connectivity index (χ0n) is 20.1. The largest absolute Gasteiger partial charge is 0.461 e. The fourth-order valence-corrected chi connectivity index (χ4v) is 5.97. The van der Waals surface area contributed by atoms with Crippen LogP contribution in [0.2, 0.25) is 0 Å². The highest BCUT2D eigenvalue weighted by molar-refractivity contribution is 5.89. The average Bonchev–Trinajstić information content (AvgIpc) is 3.28. The molecule has 4 fully saturated rings. The first-order chi connectivity index (χ1) is 16.8. The second kappa shape index (κ2) is 10.3. The maximum absolute atomic E-state index is 13.8. The Morgan fingerprint density at radius 3 is 2.57 bits per heavy atom. The van der Waals surface area contributed by atoms with E-state index in [1.807, 2.05) is 43.3 Å². The number of nitriles is 1. The van der Waals surface area contributed by atoms with Crippen molar-refractivity contribution in [3.05, 3.63) is 35.9 Å². The van der Waals surface area contributed by atoms with Gasteiger partial charge in [0, 0.05) is 18.5 Å². The number of carbonyl (C=O) groups is 3. The molecule has 1 heterocycles. The fraction of sp³-hybridized carbons (Fsp3) is 0.615. The van der Waals surface area contributed by atoms with Crippen molar-refractivity contribution in [2.75, 3.05) is 19.6 Å². The number of ether oxygens (including phenoxy) is 1. The minimum absolute atomic E-state index is 0.0369. The molecular weight excluding hydrogens is 451 g/mol. The summed E-state index contributed by atoms with van der Waals surface area (Å²) in [5.41, 5.74) is -0.437. The Morgan fingerprint density at radius 1 is 1.20 bits per heavy atom. The molecule has 1 aromatic rings. The molecule has 3 unspecified atom stereocenters. The highest BCUT2D eigenvalue weighted by atomic mass is 19.1. The molecule has 3 atom stereocenters. The zero-order chi connectivity index (χ0) is 25.1. The van der Waals surface area contributed by atoms with Crippen LogP contribution in [0.4, 0.5) is 4.39 Å². The molecule has 2 amide bonds. The molecule has 0 aromatic heterocycles. The number of alkyl halides is 1. The number of esters is 1. The molecule has 2 bridgehead atoms. The van der Waals surface area contributed by atoms with E-state index in [0.29, 0.717) is 38.6 Å². The normalized spacial score (nSPS) is 31.6. The summed E-state index contributed by atoms with van der Waals surface area (Å²) >= 11 is 0. The SMILES string of the molecule is CCNC(=O)C12CCC(NCC(=O)N3CC(F)CC3C#N)(CC1)CC2C(=O)OCc1ccccc1. The first-order valence-corrected chi connectivity index (χ1v) is 12.4. The third-order valence-corrected chi connectivity index (χ3v) is 7.99. The molecule has 8 nitrogen and oxygen atoms in total. The molecular formula is C26H33FN4O4. The van der Waals surface area contributed by atoms with Gasteiger partial charge < -0.3 is 20.3 Å². The van der Waals surface area contributed by atoms with Crippen molar-refractivity contribution >= 4 is 17.8 Å². The summed E-state index contributed by atoms with van der Waals surface area (Å²) in [5, 5.41) is 15.5. The van der Waals surface area contributed by atoms with Crippen molar-refractivity contribution in [2.24, 2.45) is 11.3 Å². The third-order valence-electron chi connectivity index (χ3n) is 7.99. The fourth-order valence-electron chi connectivity index (χ4n) is 5.97. The van der Waals surface area contributed by atoms with E-state index in [1.54, 1.807) is 0 Å². The summed E-state index contributed by atoms with van der Waals surface area (Å²) < 4.78 is 19.4. The van der Waals surface area contributed by atoms with E-state index < -0.39 is 35.1 Å². The molecule has 1 aliphatic heterocycles. The highest BCUT2D eigenvalue weighted by Crippen LogP contribution is 2.56. The van der Waals surface area contributed by atoms with Gasteiger partial charge in [0.25, 0.3) is 0 Å². The van der Waals surface area contributed by atoms with Crippen molar-refractivity contribution in [1.29, 1.82) is 5.26 Å². The third kappa shape index (κ3) is 5.03. The topological polar surface area (TPSA) is 112 Å². The van der Waals surface area contributed by atoms with Crippen LogP contribution in [0.3, 0.4) is 0 Å². The Balaban J connectivity index is 1.46. The summed E-state index contributed by atoms with van der Waals surface area (Å²) in [7, 11) is 0. The van der Waals surface area contributed by atoms with Crippen LogP contribution in [0.5, 0.6) is 0 Å². The Hall–Kier alpha value is -2.99. The second-order valence-electron chi connectivity index (χ2n) is 10.0. The predicted octanol–water partition coefficient (Wildman–Crippen LogP) is 2.24. The van der Waals surface area contributed by atoms with Gasteiger partial charge in [-0.1, -0.05) is 30.3 Å². The number of carbonyl (C=O) groups excluding carboxylic acids is 3. The van der Waals surface area contributed by atoms with Gasteiger partial charge in [-0.2, -0.15) is 5.26 Å². The lowest BCUT2D eigenvalue weighted by Gasteiger charge is -2.56. The molecule has 35 heavy (non-hydrogen) atoms. The number of nitrogens with zero attached hydrogens (tertiary/aromatic N) is 2. The number of likely N-dealkylation sites (tertiary alicyclic amines) is 1. The number of benzene rings is 1. The van der Waals surface area contributed by atoms with Crippen LogP contribution in [0.25, 0.3) is 0 Å². The summed E-state index contributed by atoms with van der Waals surface area (Å²) in [5.74, 6) is -1.47. The number of hydrogen-bond donors (Lipinski definition) is 2. The molecule has 9 heteroatoms. The van der Waals surface area contributed by atoms with Gasteiger partial charge in [0.2, 0.25) is 11.8 Å². The Bertz CT molecular complexity index is 987. The van der Waals surface area contributed by atoms with E-state index >= 15 is 0 Å². The smallest absolute Gasteiger partial charge is 0.310 e.